The van der Waals surface area contributed by atoms with Crippen molar-refractivity contribution in [1.29, 1.82) is 0 Å². The highest BCUT2D eigenvalue weighted by molar-refractivity contribution is 7.15. The van der Waals surface area contributed by atoms with E-state index in [0.717, 1.165) is 23.5 Å². The van der Waals surface area contributed by atoms with Gasteiger partial charge in [-0.15, -0.1) is 11.3 Å². The fourth-order valence-electron chi connectivity index (χ4n) is 2.60. The van der Waals surface area contributed by atoms with Crippen molar-refractivity contribution >= 4 is 45.6 Å². The average Bonchev–Trinajstić information content (AvgIpc) is 3.18. The normalized spacial score (nSPS) is 11.3. The number of carbonyl (C=O) groups excluding carboxylic acids is 1. The molecule has 0 aliphatic carbocycles. The molecule has 1 aromatic carbocycles. The van der Waals surface area contributed by atoms with Gasteiger partial charge in [-0.1, -0.05) is 23.7 Å². The third-order valence-corrected chi connectivity index (χ3v) is 5.08. The molecule has 0 bridgehead atoms. The van der Waals surface area contributed by atoms with E-state index in [9.17, 15) is 4.79 Å². The Morgan fingerprint density at radius 3 is 2.85 bits per heavy atom. The predicted molar refractivity (Wildman–Crippen MR) is 109 cm³/mol. The lowest BCUT2D eigenvalue weighted by atomic mass is 10.1. The molecule has 3 rings (SSSR count). The number of imidazole rings is 1. The van der Waals surface area contributed by atoms with Gasteiger partial charge in [-0.05, 0) is 36.6 Å². The standard InChI is InChI=1S/C19H21ClN4OS/c1-23(2)15-7-5-14(6-8-15)4-3-11-21-17(25)10-9-16-18(20)22-19-24(16)12-13-26-19/h5-10,12-13H,3-4,11H2,1-2H3,(H,21,25)/b10-9+. The van der Waals surface area contributed by atoms with Gasteiger partial charge in [0.2, 0.25) is 5.91 Å². The van der Waals surface area contributed by atoms with Crippen LogP contribution in [0.3, 0.4) is 0 Å². The zero-order chi connectivity index (χ0) is 18.5. The number of amides is 1. The van der Waals surface area contributed by atoms with Crippen molar-refractivity contribution in [2.75, 3.05) is 25.5 Å². The molecule has 0 spiro atoms. The first-order chi connectivity index (χ1) is 12.5. The zero-order valence-corrected chi connectivity index (χ0v) is 16.3. The van der Waals surface area contributed by atoms with E-state index in [4.69, 9.17) is 11.6 Å². The lowest BCUT2D eigenvalue weighted by Gasteiger charge is -2.12. The summed E-state index contributed by atoms with van der Waals surface area (Å²) < 4.78 is 1.87. The van der Waals surface area contributed by atoms with Gasteiger partial charge in [0.05, 0.1) is 5.69 Å². The lowest BCUT2D eigenvalue weighted by molar-refractivity contribution is -0.116. The number of anilines is 1. The van der Waals surface area contributed by atoms with Gasteiger partial charge in [0.15, 0.2) is 10.1 Å². The topological polar surface area (TPSA) is 49.6 Å². The summed E-state index contributed by atoms with van der Waals surface area (Å²) in [5, 5.41) is 5.24. The molecule has 0 saturated carbocycles. The van der Waals surface area contributed by atoms with Gasteiger partial charge >= 0.3 is 0 Å². The highest BCUT2D eigenvalue weighted by Gasteiger charge is 2.08. The monoisotopic (exact) mass is 388 g/mol. The maximum atomic E-state index is 12.0. The van der Waals surface area contributed by atoms with Crippen molar-refractivity contribution in [3.63, 3.8) is 0 Å². The molecule has 7 heteroatoms. The average molecular weight is 389 g/mol. The van der Waals surface area contributed by atoms with Gasteiger partial charge in [-0.25, -0.2) is 4.98 Å². The number of benzene rings is 1. The van der Waals surface area contributed by atoms with E-state index in [0.29, 0.717) is 11.7 Å². The number of hydrogen-bond donors (Lipinski definition) is 1. The molecule has 0 aliphatic heterocycles. The number of fused-ring (bicyclic) bond motifs is 1. The Kier molecular flexibility index (Phi) is 5.96. The smallest absolute Gasteiger partial charge is 0.244 e. The second-order valence-corrected chi connectivity index (χ2v) is 7.36. The van der Waals surface area contributed by atoms with Gasteiger partial charge in [0.1, 0.15) is 0 Å². The van der Waals surface area contributed by atoms with Crippen LogP contribution in [-0.4, -0.2) is 35.9 Å². The molecule has 0 atom stereocenters. The largest absolute Gasteiger partial charge is 0.378 e. The number of nitrogens with one attached hydrogen (secondary N) is 1. The van der Waals surface area contributed by atoms with Crippen LogP contribution in [0.15, 0.2) is 41.9 Å². The van der Waals surface area contributed by atoms with Crippen LogP contribution in [-0.2, 0) is 11.2 Å². The van der Waals surface area contributed by atoms with E-state index in [1.54, 1.807) is 6.08 Å². The van der Waals surface area contributed by atoms with Gasteiger partial charge in [-0.2, -0.15) is 0 Å². The Hall–Kier alpha value is -2.31. The Balaban J connectivity index is 1.45. The number of rotatable bonds is 7. The lowest BCUT2D eigenvalue weighted by Crippen LogP contribution is -2.22. The fourth-order valence-corrected chi connectivity index (χ4v) is 3.61. The van der Waals surface area contributed by atoms with Gasteiger partial charge in [0.25, 0.3) is 0 Å². The third kappa shape index (κ3) is 4.45. The third-order valence-electron chi connectivity index (χ3n) is 4.04. The molecular weight excluding hydrogens is 368 g/mol. The van der Waals surface area contributed by atoms with E-state index in [2.05, 4.69) is 39.5 Å². The maximum absolute atomic E-state index is 12.0. The van der Waals surface area contributed by atoms with Crippen LogP contribution in [0.5, 0.6) is 0 Å². The van der Waals surface area contributed by atoms with E-state index >= 15 is 0 Å². The van der Waals surface area contributed by atoms with Crippen molar-refractivity contribution < 1.29 is 4.79 Å². The Labute approximate surface area is 161 Å². The highest BCUT2D eigenvalue weighted by Crippen LogP contribution is 2.22. The Morgan fingerprint density at radius 2 is 2.12 bits per heavy atom. The number of hydrogen-bond acceptors (Lipinski definition) is 4. The molecule has 2 heterocycles. The number of thiazole rings is 1. The first-order valence-electron chi connectivity index (χ1n) is 8.38. The molecular formula is C19H21ClN4OS. The SMILES string of the molecule is CN(C)c1ccc(CCCNC(=O)/C=C/c2c(Cl)nc3sccn23)cc1. The number of nitrogens with zero attached hydrogens (tertiary/aromatic N) is 3. The van der Waals surface area contributed by atoms with Gasteiger partial charge < -0.3 is 10.2 Å². The first-order valence-corrected chi connectivity index (χ1v) is 9.63. The number of aromatic nitrogens is 2. The molecule has 0 fully saturated rings. The van der Waals surface area contributed by atoms with Crippen molar-refractivity contribution in [1.82, 2.24) is 14.7 Å². The highest BCUT2D eigenvalue weighted by atomic mass is 35.5. The van der Waals surface area contributed by atoms with Crippen LogP contribution < -0.4 is 10.2 Å². The first kappa shape index (κ1) is 18.5. The predicted octanol–water partition coefficient (Wildman–Crippen LogP) is 3.88. The van der Waals surface area contributed by atoms with E-state index in [-0.39, 0.29) is 5.91 Å². The minimum absolute atomic E-state index is 0.130. The molecule has 26 heavy (non-hydrogen) atoms. The summed E-state index contributed by atoms with van der Waals surface area (Å²) in [6.07, 6.45) is 6.91. The summed E-state index contributed by atoms with van der Waals surface area (Å²) in [5.74, 6) is -0.130. The second-order valence-electron chi connectivity index (χ2n) is 6.13. The summed E-state index contributed by atoms with van der Waals surface area (Å²) in [5.41, 5.74) is 3.18. The maximum Gasteiger partial charge on any atom is 0.244 e. The van der Waals surface area contributed by atoms with E-state index in [1.165, 1.54) is 28.7 Å². The molecule has 1 N–H and O–H groups in total. The summed E-state index contributed by atoms with van der Waals surface area (Å²) in [4.78, 5) is 19.1. The summed E-state index contributed by atoms with van der Waals surface area (Å²) in [7, 11) is 4.05. The van der Waals surface area contributed by atoms with Crippen molar-refractivity contribution in [3.8, 4) is 0 Å². The minimum Gasteiger partial charge on any atom is -0.378 e. The van der Waals surface area contributed by atoms with Crippen LogP contribution in [0, 0.1) is 0 Å². The van der Waals surface area contributed by atoms with E-state index in [1.807, 2.05) is 30.1 Å². The second kappa shape index (κ2) is 8.38. The molecule has 0 unspecified atom stereocenters. The summed E-state index contributed by atoms with van der Waals surface area (Å²) in [6.45, 7) is 0.632. The molecule has 0 aliphatic rings. The van der Waals surface area contributed by atoms with Crippen LogP contribution in [0.1, 0.15) is 17.7 Å². The number of aryl methyl sites for hydroxylation is 1. The van der Waals surface area contributed by atoms with Gasteiger partial charge in [0, 0.05) is 44.0 Å². The Bertz CT molecular complexity index is 911. The molecule has 1 amide bonds. The molecule has 2 aromatic heterocycles. The van der Waals surface area contributed by atoms with Crippen molar-refractivity contribution in [2.45, 2.75) is 12.8 Å². The molecule has 3 aromatic rings. The number of carbonyl (C=O) groups is 1. The zero-order valence-electron chi connectivity index (χ0n) is 14.8. The van der Waals surface area contributed by atoms with Crippen LogP contribution >= 0.6 is 22.9 Å². The van der Waals surface area contributed by atoms with Crippen molar-refractivity contribution in [2.24, 2.45) is 0 Å². The molecule has 5 nitrogen and oxygen atoms in total. The molecule has 136 valence electrons. The summed E-state index contributed by atoms with van der Waals surface area (Å²) >= 11 is 7.61. The van der Waals surface area contributed by atoms with Crippen molar-refractivity contribution in [3.05, 3.63) is 58.3 Å². The molecule has 0 radical (unpaired) electrons. The van der Waals surface area contributed by atoms with Crippen LogP contribution in [0.25, 0.3) is 11.0 Å². The fraction of sp³-hybridized carbons (Fsp3) is 0.263. The van der Waals surface area contributed by atoms with Crippen LogP contribution in [0.2, 0.25) is 5.15 Å². The Morgan fingerprint density at radius 1 is 1.35 bits per heavy atom. The van der Waals surface area contributed by atoms with E-state index < -0.39 is 0 Å². The van der Waals surface area contributed by atoms with Gasteiger partial charge in [-0.3, -0.25) is 9.20 Å². The summed E-state index contributed by atoms with van der Waals surface area (Å²) in [6, 6.07) is 8.48. The molecule has 0 saturated heterocycles. The quantitative estimate of drug-likeness (QED) is 0.493. The number of halogens is 1. The van der Waals surface area contributed by atoms with Crippen LogP contribution in [0.4, 0.5) is 5.69 Å². The minimum atomic E-state index is -0.130.